The zero-order valence-corrected chi connectivity index (χ0v) is 11.0. The number of hydrogen-bond acceptors (Lipinski definition) is 3. The molecule has 0 aromatic heterocycles. The van der Waals surface area contributed by atoms with Crippen LogP contribution in [-0.2, 0) is 0 Å². The van der Waals surface area contributed by atoms with Crippen LogP contribution in [0.2, 0.25) is 0 Å². The highest BCUT2D eigenvalue weighted by molar-refractivity contribution is 5.79. The Kier molecular flexibility index (Phi) is 4.23. The van der Waals surface area contributed by atoms with Crippen molar-refractivity contribution in [3.63, 3.8) is 0 Å². The summed E-state index contributed by atoms with van der Waals surface area (Å²) in [5.41, 5.74) is 2.79. The predicted octanol–water partition coefficient (Wildman–Crippen LogP) is 0.384. The third-order valence-corrected chi connectivity index (χ3v) is 4.02. The molecule has 5 heteroatoms. The van der Waals surface area contributed by atoms with Crippen molar-refractivity contribution < 1.29 is 0 Å². The molecule has 0 amide bonds. The molecule has 5 nitrogen and oxygen atoms in total. The first-order valence-corrected chi connectivity index (χ1v) is 6.70. The minimum absolute atomic E-state index is 0.482. The van der Waals surface area contributed by atoms with Crippen molar-refractivity contribution >= 4 is 5.96 Å². The van der Waals surface area contributed by atoms with Crippen LogP contribution >= 0.6 is 0 Å². The van der Waals surface area contributed by atoms with E-state index in [1.54, 1.807) is 0 Å². The summed E-state index contributed by atoms with van der Waals surface area (Å²) in [6.45, 7) is 5.34. The second-order valence-corrected chi connectivity index (χ2v) is 5.31. The molecule has 1 aliphatic heterocycles. The van der Waals surface area contributed by atoms with Crippen LogP contribution in [0.4, 0.5) is 0 Å². The van der Waals surface area contributed by atoms with Crippen LogP contribution in [0.5, 0.6) is 0 Å². The number of rotatable bonds is 1. The van der Waals surface area contributed by atoms with Crippen LogP contribution in [0.1, 0.15) is 32.6 Å². The van der Waals surface area contributed by atoms with Crippen molar-refractivity contribution in [1.29, 1.82) is 0 Å². The fraction of sp³-hybridized carbons (Fsp3) is 0.917. The molecule has 0 aromatic carbocycles. The fourth-order valence-electron chi connectivity index (χ4n) is 2.66. The van der Waals surface area contributed by atoms with Crippen LogP contribution in [0.3, 0.4) is 0 Å². The number of hydrogen-bond donors (Lipinski definition) is 2. The van der Waals surface area contributed by atoms with Gasteiger partial charge < -0.3 is 9.80 Å². The summed E-state index contributed by atoms with van der Waals surface area (Å²) in [4.78, 5) is 9.42. The van der Waals surface area contributed by atoms with E-state index in [-0.39, 0.29) is 0 Å². The molecule has 1 unspecified atom stereocenters. The average Bonchev–Trinajstić information content (AvgIpc) is 2.82. The van der Waals surface area contributed by atoms with Crippen LogP contribution in [-0.4, -0.2) is 54.5 Å². The summed E-state index contributed by atoms with van der Waals surface area (Å²) >= 11 is 0. The van der Waals surface area contributed by atoms with Gasteiger partial charge in [0.05, 0.1) is 6.04 Å². The SMILES string of the molecule is CC1CN(C(=NC2CCCC2)NN)CCN1C. The molecule has 1 saturated carbocycles. The first-order valence-electron chi connectivity index (χ1n) is 6.70. The van der Waals surface area contributed by atoms with Gasteiger partial charge in [-0.15, -0.1) is 0 Å². The second-order valence-electron chi connectivity index (χ2n) is 5.31. The summed E-state index contributed by atoms with van der Waals surface area (Å²) in [7, 11) is 2.17. The van der Waals surface area contributed by atoms with Gasteiger partial charge in [-0.2, -0.15) is 0 Å². The lowest BCUT2D eigenvalue weighted by atomic mass is 10.2. The number of guanidine groups is 1. The summed E-state index contributed by atoms with van der Waals surface area (Å²) < 4.78 is 0. The van der Waals surface area contributed by atoms with E-state index in [4.69, 9.17) is 10.8 Å². The Morgan fingerprint density at radius 2 is 2.00 bits per heavy atom. The van der Waals surface area contributed by atoms with Gasteiger partial charge >= 0.3 is 0 Å². The summed E-state index contributed by atoms with van der Waals surface area (Å²) in [5.74, 6) is 6.51. The van der Waals surface area contributed by atoms with Gasteiger partial charge in [-0.25, -0.2) is 10.8 Å². The van der Waals surface area contributed by atoms with Crippen molar-refractivity contribution in [3.8, 4) is 0 Å². The molecule has 1 aliphatic carbocycles. The van der Waals surface area contributed by atoms with Gasteiger partial charge in [0.15, 0.2) is 0 Å². The smallest absolute Gasteiger partial charge is 0.208 e. The van der Waals surface area contributed by atoms with Gasteiger partial charge in [-0.3, -0.25) is 5.43 Å². The average molecular weight is 239 g/mol. The van der Waals surface area contributed by atoms with Gasteiger partial charge in [0.1, 0.15) is 0 Å². The molecule has 1 atom stereocenters. The van der Waals surface area contributed by atoms with Gasteiger partial charge in [0, 0.05) is 25.7 Å². The third kappa shape index (κ3) is 3.10. The van der Waals surface area contributed by atoms with E-state index in [9.17, 15) is 0 Å². The van der Waals surface area contributed by atoms with Crippen molar-refractivity contribution in [2.45, 2.75) is 44.7 Å². The highest BCUT2D eigenvalue weighted by Gasteiger charge is 2.24. The van der Waals surface area contributed by atoms with Crippen LogP contribution in [0, 0.1) is 0 Å². The molecule has 2 fully saturated rings. The molecule has 0 radical (unpaired) electrons. The van der Waals surface area contributed by atoms with Crippen LogP contribution < -0.4 is 11.3 Å². The molecule has 0 bridgehead atoms. The summed E-state index contributed by atoms with van der Waals surface area (Å²) in [5, 5.41) is 0. The van der Waals surface area contributed by atoms with E-state index in [0.29, 0.717) is 12.1 Å². The van der Waals surface area contributed by atoms with E-state index in [0.717, 1.165) is 25.6 Å². The molecule has 2 aliphatic rings. The van der Waals surface area contributed by atoms with Gasteiger partial charge in [0.2, 0.25) is 5.96 Å². The molecule has 1 heterocycles. The highest BCUT2D eigenvalue weighted by atomic mass is 15.4. The Hall–Kier alpha value is -0.810. The van der Waals surface area contributed by atoms with Crippen LogP contribution in [0.25, 0.3) is 0 Å². The second kappa shape index (κ2) is 5.69. The number of aliphatic imine (C=N–C) groups is 1. The van der Waals surface area contributed by atoms with Crippen LogP contribution in [0.15, 0.2) is 4.99 Å². The monoisotopic (exact) mass is 239 g/mol. The molecule has 17 heavy (non-hydrogen) atoms. The zero-order chi connectivity index (χ0) is 12.3. The standard InChI is InChI=1S/C12H25N5/c1-10-9-17(8-7-16(10)2)12(15-13)14-11-5-3-4-6-11/h10-11H,3-9,13H2,1-2H3,(H,14,15). The normalized spacial score (nSPS) is 28.8. The van der Waals surface area contributed by atoms with Gasteiger partial charge in [0.25, 0.3) is 0 Å². The molecule has 2 rings (SSSR count). The van der Waals surface area contributed by atoms with Gasteiger partial charge in [-0.1, -0.05) is 12.8 Å². The van der Waals surface area contributed by atoms with E-state index >= 15 is 0 Å². The number of nitrogens with one attached hydrogen (secondary N) is 1. The van der Waals surface area contributed by atoms with Crippen molar-refractivity contribution in [1.82, 2.24) is 15.2 Å². The van der Waals surface area contributed by atoms with E-state index in [2.05, 4.69) is 29.2 Å². The van der Waals surface area contributed by atoms with Crippen molar-refractivity contribution in [3.05, 3.63) is 0 Å². The Bertz CT molecular complexity index is 272. The predicted molar refractivity (Wildman–Crippen MR) is 70.7 cm³/mol. The number of likely N-dealkylation sites (N-methyl/N-ethyl adjacent to an activating group) is 1. The minimum Gasteiger partial charge on any atom is -0.339 e. The largest absolute Gasteiger partial charge is 0.339 e. The maximum Gasteiger partial charge on any atom is 0.208 e. The summed E-state index contributed by atoms with van der Waals surface area (Å²) in [6.07, 6.45) is 5.05. The molecule has 0 spiro atoms. The minimum atomic E-state index is 0.482. The number of nitrogens with zero attached hydrogens (tertiary/aromatic N) is 3. The fourth-order valence-corrected chi connectivity index (χ4v) is 2.66. The van der Waals surface area contributed by atoms with Crippen molar-refractivity contribution in [2.24, 2.45) is 10.8 Å². The first kappa shape index (κ1) is 12.6. The maximum absolute atomic E-state index is 5.63. The van der Waals surface area contributed by atoms with E-state index in [1.165, 1.54) is 25.7 Å². The number of nitrogens with two attached hydrogens (primary N) is 1. The zero-order valence-electron chi connectivity index (χ0n) is 11.0. The summed E-state index contributed by atoms with van der Waals surface area (Å²) in [6, 6.07) is 1.04. The lowest BCUT2D eigenvalue weighted by molar-refractivity contribution is 0.150. The molecule has 0 aromatic rings. The quantitative estimate of drug-likeness (QED) is 0.301. The Morgan fingerprint density at radius 3 is 2.59 bits per heavy atom. The highest BCUT2D eigenvalue weighted by Crippen LogP contribution is 2.21. The van der Waals surface area contributed by atoms with E-state index in [1.807, 2.05) is 0 Å². The molecule has 98 valence electrons. The molecular formula is C12H25N5. The van der Waals surface area contributed by atoms with E-state index < -0.39 is 0 Å². The number of piperazine rings is 1. The number of hydrazine groups is 1. The molecular weight excluding hydrogens is 214 g/mol. The lowest BCUT2D eigenvalue weighted by Crippen LogP contribution is -2.56. The van der Waals surface area contributed by atoms with Crippen molar-refractivity contribution in [2.75, 3.05) is 26.7 Å². The Morgan fingerprint density at radius 1 is 1.29 bits per heavy atom. The Balaban J connectivity index is 1.97. The first-order chi connectivity index (χ1) is 8.20. The molecule has 1 saturated heterocycles. The van der Waals surface area contributed by atoms with Gasteiger partial charge in [-0.05, 0) is 26.8 Å². The maximum atomic E-state index is 5.63. The molecule has 3 N–H and O–H groups in total. The lowest BCUT2D eigenvalue weighted by Gasteiger charge is -2.39. The topological polar surface area (TPSA) is 56.9 Å². The Labute approximate surface area is 104 Å². The third-order valence-electron chi connectivity index (χ3n) is 4.02.